The van der Waals surface area contributed by atoms with Crippen LogP contribution in [0.5, 0.6) is 11.5 Å². The molecule has 0 heterocycles. The topological polar surface area (TPSA) is 67.8 Å². The molecule has 5 heteroatoms. The summed E-state index contributed by atoms with van der Waals surface area (Å²) in [6.07, 6.45) is 0.295. The van der Waals surface area contributed by atoms with Gasteiger partial charge in [0, 0.05) is 6.04 Å². The Morgan fingerprint density at radius 1 is 1.37 bits per heavy atom. The largest absolute Gasteiger partial charge is 0.493 e. The van der Waals surface area contributed by atoms with Crippen molar-refractivity contribution in [1.82, 2.24) is 5.32 Å². The maximum absolute atomic E-state index is 11.4. The van der Waals surface area contributed by atoms with E-state index in [-0.39, 0.29) is 25.2 Å². The molecule has 0 saturated carbocycles. The van der Waals surface area contributed by atoms with Crippen LogP contribution in [0.3, 0.4) is 0 Å². The molecule has 2 N–H and O–H groups in total. The normalized spacial score (nSPS) is 10.4. The number of aliphatic hydroxyl groups is 1. The van der Waals surface area contributed by atoms with E-state index in [0.29, 0.717) is 17.9 Å². The molecule has 19 heavy (non-hydrogen) atoms. The SMILES string of the molecule is COc1cc(CO)ccc1OCCC(=O)NC(C)C. The molecule has 0 fully saturated rings. The third-order valence-corrected chi connectivity index (χ3v) is 2.45. The van der Waals surface area contributed by atoms with Gasteiger partial charge in [0.25, 0.3) is 0 Å². The molecule has 0 unspecified atom stereocenters. The van der Waals surface area contributed by atoms with Gasteiger partial charge in [-0.1, -0.05) is 6.07 Å². The van der Waals surface area contributed by atoms with Gasteiger partial charge >= 0.3 is 0 Å². The lowest BCUT2D eigenvalue weighted by Gasteiger charge is -2.12. The Hall–Kier alpha value is -1.75. The molecule has 0 aliphatic carbocycles. The van der Waals surface area contributed by atoms with Crippen LogP contribution in [0.1, 0.15) is 25.8 Å². The van der Waals surface area contributed by atoms with Crippen molar-refractivity contribution in [3.63, 3.8) is 0 Å². The standard InChI is InChI=1S/C14H21NO4/c1-10(2)15-14(17)6-7-19-12-5-4-11(9-16)8-13(12)18-3/h4-5,8,10,16H,6-7,9H2,1-3H3,(H,15,17). The van der Waals surface area contributed by atoms with Crippen LogP contribution in [-0.2, 0) is 11.4 Å². The molecule has 106 valence electrons. The van der Waals surface area contributed by atoms with E-state index in [2.05, 4.69) is 5.32 Å². The molecule has 1 rings (SSSR count). The minimum Gasteiger partial charge on any atom is -0.493 e. The summed E-state index contributed by atoms with van der Waals surface area (Å²) in [5, 5.41) is 11.8. The Labute approximate surface area is 113 Å². The molecule has 1 aromatic rings. The predicted octanol–water partition coefficient (Wildman–Crippen LogP) is 1.48. The lowest BCUT2D eigenvalue weighted by atomic mass is 10.2. The van der Waals surface area contributed by atoms with Crippen molar-refractivity contribution in [3.8, 4) is 11.5 Å². The Bertz CT molecular complexity index is 418. The quantitative estimate of drug-likeness (QED) is 0.785. The minimum absolute atomic E-state index is 0.0408. The molecule has 0 saturated heterocycles. The van der Waals surface area contributed by atoms with Gasteiger partial charge in [0.2, 0.25) is 5.91 Å². The molecule has 0 aliphatic heterocycles. The van der Waals surface area contributed by atoms with Crippen molar-refractivity contribution in [2.45, 2.75) is 32.9 Å². The van der Waals surface area contributed by atoms with Gasteiger partial charge in [0.1, 0.15) is 0 Å². The second-order valence-corrected chi connectivity index (χ2v) is 4.46. The third kappa shape index (κ3) is 5.18. The van der Waals surface area contributed by atoms with E-state index in [0.717, 1.165) is 5.56 Å². The van der Waals surface area contributed by atoms with Crippen LogP contribution in [0, 0.1) is 0 Å². The number of nitrogens with one attached hydrogen (secondary N) is 1. The first kappa shape index (κ1) is 15.3. The van der Waals surface area contributed by atoms with E-state index in [4.69, 9.17) is 14.6 Å². The molecule has 0 aromatic heterocycles. The van der Waals surface area contributed by atoms with Gasteiger partial charge in [-0.15, -0.1) is 0 Å². The monoisotopic (exact) mass is 267 g/mol. The van der Waals surface area contributed by atoms with Crippen molar-refractivity contribution in [3.05, 3.63) is 23.8 Å². The van der Waals surface area contributed by atoms with Gasteiger partial charge in [0.05, 0.1) is 26.7 Å². The van der Waals surface area contributed by atoms with Gasteiger partial charge in [-0.25, -0.2) is 0 Å². The highest BCUT2D eigenvalue weighted by Gasteiger charge is 2.07. The van der Waals surface area contributed by atoms with Gasteiger partial charge < -0.3 is 19.9 Å². The number of amides is 1. The smallest absolute Gasteiger partial charge is 0.223 e. The zero-order valence-electron chi connectivity index (χ0n) is 11.6. The van der Waals surface area contributed by atoms with E-state index < -0.39 is 0 Å². The van der Waals surface area contributed by atoms with E-state index in [1.165, 1.54) is 7.11 Å². The number of carbonyl (C=O) groups is 1. The average Bonchev–Trinajstić information content (AvgIpc) is 2.38. The van der Waals surface area contributed by atoms with Gasteiger partial charge in [-0.2, -0.15) is 0 Å². The molecule has 0 spiro atoms. The number of methoxy groups -OCH3 is 1. The van der Waals surface area contributed by atoms with Crippen molar-refractivity contribution in [1.29, 1.82) is 0 Å². The molecule has 5 nitrogen and oxygen atoms in total. The van der Waals surface area contributed by atoms with Crippen LogP contribution >= 0.6 is 0 Å². The molecule has 1 amide bonds. The number of benzene rings is 1. The highest BCUT2D eigenvalue weighted by molar-refractivity contribution is 5.76. The van der Waals surface area contributed by atoms with Gasteiger partial charge in [-0.05, 0) is 31.5 Å². The molecule has 0 bridgehead atoms. The molecule has 1 aromatic carbocycles. The first-order chi connectivity index (χ1) is 9.06. The number of carbonyl (C=O) groups excluding carboxylic acids is 1. The van der Waals surface area contributed by atoms with Crippen molar-refractivity contribution < 1.29 is 19.4 Å². The molecule has 0 atom stereocenters. The van der Waals surface area contributed by atoms with E-state index in [1.54, 1.807) is 18.2 Å². The number of aliphatic hydroxyl groups excluding tert-OH is 1. The molecular weight excluding hydrogens is 246 g/mol. The van der Waals surface area contributed by atoms with Crippen LogP contribution in [-0.4, -0.2) is 30.8 Å². The summed E-state index contributed by atoms with van der Waals surface area (Å²) in [6.45, 7) is 4.06. The van der Waals surface area contributed by atoms with Crippen molar-refractivity contribution in [2.24, 2.45) is 0 Å². The fourth-order valence-corrected chi connectivity index (χ4v) is 1.58. The van der Waals surface area contributed by atoms with Crippen LogP contribution in [0.4, 0.5) is 0 Å². The summed E-state index contributed by atoms with van der Waals surface area (Å²) in [6, 6.07) is 5.33. The number of rotatable bonds is 7. The zero-order valence-corrected chi connectivity index (χ0v) is 11.6. The maximum Gasteiger partial charge on any atom is 0.223 e. The van der Waals surface area contributed by atoms with E-state index in [9.17, 15) is 4.79 Å². The summed E-state index contributed by atoms with van der Waals surface area (Å²) >= 11 is 0. The van der Waals surface area contributed by atoms with E-state index >= 15 is 0 Å². The van der Waals surface area contributed by atoms with E-state index in [1.807, 2.05) is 13.8 Å². The minimum atomic E-state index is -0.0482. The van der Waals surface area contributed by atoms with Crippen LogP contribution in [0.15, 0.2) is 18.2 Å². The Balaban J connectivity index is 2.51. The molecule has 0 radical (unpaired) electrons. The summed E-state index contributed by atoms with van der Waals surface area (Å²) in [4.78, 5) is 11.4. The zero-order chi connectivity index (χ0) is 14.3. The first-order valence-corrected chi connectivity index (χ1v) is 6.26. The van der Waals surface area contributed by atoms with Crippen molar-refractivity contribution in [2.75, 3.05) is 13.7 Å². The number of ether oxygens (including phenoxy) is 2. The highest BCUT2D eigenvalue weighted by atomic mass is 16.5. The first-order valence-electron chi connectivity index (χ1n) is 6.26. The fraction of sp³-hybridized carbons (Fsp3) is 0.500. The Morgan fingerprint density at radius 3 is 2.68 bits per heavy atom. The average molecular weight is 267 g/mol. The Kier molecular flexibility index (Phi) is 6.15. The van der Waals surface area contributed by atoms with Crippen LogP contribution < -0.4 is 14.8 Å². The lowest BCUT2D eigenvalue weighted by Crippen LogP contribution is -2.31. The summed E-state index contributed by atoms with van der Waals surface area (Å²) in [5.74, 6) is 1.08. The van der Waals surface area contributed by atoms with Crippen LogP contribution in [0.25, 0.3) is 0 Å². The Morgan fingerprint density at radius 2 is 2.11 bits per heavy atom. The number of hydrogen-bond donors (Lipinski definition) is 2. The molecular formula is C14H21NO4. The summed E-state index contributed by atoms with van der Waals surface area (Å²) < 4.78 is 10.7. The maximum atomic E-state index is 11.4. The number of hydrogen-bond acceptors (Lipinski definition) is 4. The van der Waals surface area contributed by atoms with Gasteiger partial charge in [-0.3, -0.25) is 4.79 Å². The second-order valence-electron chi connectivity index (χ2n) is 4.46. The second kappa shape index (κ2) is 7.63. The summed E-state index contributed by atoms with van der Waals surface area (Å²) in [5.41, 5.74) is 0.752. The van der Waals surface area contributed by atoms with Crippen molar-refractivity contribution >= 4 is 5.91 Å². The lowest BCUT2D eigenvalue weighted by molar-refractivity contribution is -0.122. The fourth-order valence-electron chi connectivity index (χ4n) is 1.58. The predicted molar refractivity (Wildman–Crippen MR) is 72.3 cm³/mol. The third-order valence-electron chi connectivity index (χ3n) is 2.45. The molecule has 0 aliphatic rings. The highest BCUT2D eigenvalue weighted by Crippen LogP contribution is 2.28. The summed E-state index contributed by atoms with van der Waals surface area (Å²) in [7, 11) is 1.54. The van der Waals surface area contributed by atoms with Crippen LogP contribution in [0.2, 0.25) is 0 Å². The van der Waals surface area contributed by atoms with Gasteiger partial charge in [0.15, 0.2) is 11.5 Å².